The fourth-order valence-corrected chi connectivity index (χ4v) is 2.56. The van der Waals surface area contributed by atoms with Gasteiger partial charge in [-0.05, 0) is 32.4 Å². The third-order valence-electron chi connectivity index (χ3n) is 4.07. The Hall–Kier alpha value is -1.35. The molecule has 1 amide bonds. The van der Waals surface area contributed by atoms with Gasteiger partial charge >= 0.3 is 0 Å². The van der Waals surface area contributed by atoms with Crippen LogP contribution in [0.1, 0.15) is 31.9 Å². The summed E-state index contributed by atoms with van der Waals surface area (Å²) < 4.78 is 0. The maximum atomic E-state index is 12.6. The predicted octanol–water partition coefficient (Wildman–Crippen LogP) is 2.21. The van der Waals surface area contributed by atoms with Crippen LogP contribution in [0, 0.1) is 5.41 Å². The monoisotopic (exact) mass is 246 g/mol. The quantitative estimate of drug-likeness (QED) is 0.887. The van der Waals surface area contributed by atoms with Gasteiger partial charge in [0, 0.05) is 13.6 Å². The zero-order chi connectivity index (χ0) is 13.2. The lowest BCUT2D eigenvalue weighted by molar-refractivity contribution is -0.140. The summed E-state index contributed by atoms with van der Waals surface area (Å²) in [5.41, 5.74) is 0.945. The lowest BCUT2D eigenvalue weighted by atomic mass is 9.87. The molecule has 0 spiro atoms. The molecular weight excluding hydrogens is 224 g/mol. The molecular formula is C15H22N2O. The molecule has 0 aromatic heterocycles. The van der Waals surface area contributed by atoms with Crippen molar-refractivity contribution in [3.8, 4) is 0 Å². The number of carbonyl (C=O) groups excluding carboxylic acids is 1. The highest BCUT2D eigenvalue weighted by molar-refractivity contribution is 5.83. The number of benzene rings is 1. The van der Waals surface area contributed by atoms with Gasteiger partial charge in [0.05, 0.1) is 11.5 Å². The van der Waals surface area contributed by atoms with Gasteiger partial charge in [-0.1, -0.05) is 30.3 Å². The van der Waals surface area contributed by atoms with Gasteiger partial charge in [0.1, 0.15) is 0 Å². The van der Waals surface area contributed by atoms with Crippen molar-refractivity contribution in [3.63, 3.8) is 0 Å². The molecule has 1 aromatic rings. The van der Waals surface area contributed by atoms with Gasteiger partial charge in [-0.25, -0.2) is 0 Å². The van der Waals surface area contributed by atoms with Gasteiger partial charge in [-0.3, -0.25) is 4.79 Å². The number of nitrogens with one attached hydrogen (secondary N) is 1. The minimum Gasteiger partial charge on any atom is -0.338 e. The van der Waals surface area contributed by atoms with Gasteiger partial charge in [-0.2, -0.15) is 0 Å². The highest BCUT2D eigenvalue weighted by atomic mass is 16.2. The molecule has 0 radical (unpaired) electrons. The summed E-state index contributed by atoms with van der Waals surface area (Å²) in [6.45, 7) is 5.87. The van der Waals surface area contributed by atoms with Crippen LogP contribution in [0.3, 0.4) is 0 Å². The second kappa shape index (κ2) is 5.11. The van der Waals surface area contributed by atoms with Crippen LogP contribution < -0.4 is 5.32 Å². The van der Waals surface area contributed by atoms with Crippen molar-refractivity contribution in [3.05, 3.63) is 35.9 Å². The lowest BCUT2D eigenvalue weighted by Gasteiger charge is -2.32. The molecule has 2 unspecified atom stereocenters. The summed E-state index contributed by atoms with van der Waals surface area (Å²) in [6, 6.07) is 10.3. The Morgan fingerprint density at radius 1 is 1.39 bits per heavy atom. The normalized spacial score (nSPS) is 24.8. The molecule has 1 heterocycles. The number of hydrogen-bond acceptors (Lipinski definition) is 2. The highest BCUT2D eigenvalue weighted by Crippen LogP contribution is 2.30. The molecule has 1 aliphatic rings. The fraction of sp³-hybridized carbons (Fsp3) is 0.533. The van der Waals surface area contributed by atoms with Gasteiger partial charge in [0.2, 0.25) is 5.91 Å². The Morgan fingerprint density at radius 2 is 2.06 bits per heavy atom. The zero-order valence-electron chi connectivity index (χ0n) is 11.4. The molecule has 2 atom stereocenters. The average Bonchev–Trinajstić information content (AvgIpc) is 2.85. The van der Waals surface area contributed by atoms with Crippen LogP contribution in [0.4, 0.5) is 0 Å². The Labute approximate surface area is 109 Å². The molecule has 1 fully saturated rings. The van der Waals surface area contributed by atoms with Gasteiger partial charge in [-0.15, -0.1) is 0 Å². The van der Waals surface area contributed by atoms with Crippen molar-refractivity contribution in [1.82, 2.24) is 10.2 Å². The van der Waals surface area contributed by atoms with E-state index in [1.807, 2.05) is 30.1 Å². The first-order valence-corrected chi connectivity index (χ1v) is 6.57. The summed E-state index contributed by atoms with van der Waals surface area (Å²) in [4.78, 5) is 14.4. The number of amides is 1. The van der Waals surface area contributed by atoms with Crippen LogP contribution in [0.15, 0.2) is 30.3 Å². The molecule has 98 valence electrons. The molecule has 1 saturated heterocycles. The van der Waals surface area contributed by atoms with Crippen LogP contribution in [0.25, 0.3) is 0 Å². The molecule has 3 nitrogen and oxygen atoms in total. The number of carbonyl (C=O) groups is 1. The second-order valence-electron chi connectivity index (χ2n) is 5.49. The molecule has 1 aliphatic heterocycles. The van der Waals surface area contributed by atoms with E-state index < -0.39 is 0 Å². The number of rotatable bonds is 3. The first kappa shape index (κ1) is 13.1. The van der Waals surface area contributed by atoms with E-state index in [4.69, 9.17) is 0 Å². The molecule has 0 bridgehead atoms. The minimum absolute atomic E-state index is 0.121. The summed E-state index contributed by atoms with van der Waals surface area (Å²) >= 11 is 0. The lowest BCUT2D eigenvalue weighted by Crippen LogP contribution is -2.42. The summed E-state index contributed by atoms with van der Waals surface area (Å²) in [5, 5.41) is 3.28. The molecule has 0 saturated carbocycles. The van der Waals surface area contributed by atoms with Crippen molar-refractivity contribution < 1.29 is 4.79 Å². The molecule has 0 aliphatic carbocycles. The number of nitrogens with zero attached hydrogens (tertiary/aromatic N) is 1. The summed E-state index contributed by atoms with van der Waals surface area (Å²) in [6.07, 6.45) is 0.928. The van der Waals surface area contributed by atoms with Crippen LogP contribution in [-0.2, 0) is 4.79 Å². The zero-order valence-corrected chi connectivity index (χ0v) is 11.4. The second-order valence-corrected chi connectivity index (χ2v) is 5.49. The topological polar surface area (TPSA) is 32.3 Å². The van der Waals surface area contributed by atoms with Crippen LogP contribution >= 0.6 is 0 Å². The van der Waals surface area contributed by atoms with Crippen LogP contribution in [0.2, 0.25) is 0 Å². The van der Waals surface area contributed by atoms with E-state index in [1.54, 1.807) is 0 Å². The predicted molar refractivity (Wildman–Crippen MR) is 73.2 cm³/mol. The first-order chi connectivity index (χ1) is 8.54. The Balaban J connectivity index is 2.11. The Morgan fingerprint density at radius 3 is 2.61 bits per heavy atom. The van der Waals surface area contributed by atoms with Crippen molar-refractivity contribution in [2.24, 2.45) is 5.41 Å². The number of hydrogen-bond donors (Lipinski definition) is 1. The molecule has 3 heteroatoms. The van der Waals surface area contributed by atoms with Crippen molar-refractivity contribution >= 4 is 5.91 Å². The van der Waals surface area contributed by atoms with Gasteiger partial charge < -0.3 is 10.2 Å². The molecule has 2 rings (SSSR count). The maximum absolute atomic E-state index is 12.6. The summed E-state index contributed by atoms with van der Waals surface area (Å²) in [5.74, 6) is 0.240. The van der Waals surface area contributed by atoms with Crippen LogP contribution in [-0.4, -0.2) is 30.9 Å². The van der Waals surface area contributed by atoms with Gasteiger partial charge in [0.25, 0.3) is 0 Å². The average molecular weight is 246 g/mol. The van der Waals surface area contributed by atoms with Gasteiger partial charge in [0.15, 0.2) is 0 Å². The molecule has 18 heavy (non-hydrogen) atoms. The van der Waals surface area contributed by atoms with Crippen LogP contribution in [0.5, 0.6) is 0 Å². The van der Waals surface area contributed by atoms with E-state index in [0.29, 0.717) is 0 Å². The van der Waals surface area contributed by atoms with E-state index in [1.165, 1.54) is 5.56 Å². The SMILES string of the molecule is CC(c1ccccc1)N(C)C(=O)C1(C)CCNC1. The maximum Gasteiger partial charge on any atom is 0.230 e. The molecule has 1 aromatic carbocycles. The first-order valence-electron chi connectivity index (χ1n) is 6.57. The van der Waals surface area contributed by atoms with Crippen molar-refractivity contribution in [2.75, 3.05) is 20.1 Å². The third kappa shape index (κ3) is 2.41. The van der Waals surface area contributed by atoms with Crippen molar-refractivity contribution in [2.45, 2.75) is 26.3 Å². The largest absolute Gasteiger partial charge is 0.338 e. The smallest absolute Gasteiger partial charge is 0.230 e. The van der Waals surface area contributed by atoms with E-state index in [9.17, 15) is 4.79 Å². The fourth-order valence-electron chi connectivity index (χ4n) is 2.56. The highest BCUT2D eigenvalue weighted by Gasteiger charge is 2.39. The van der Waals surface area contributed by atoms with Crippen molar-refractivity contribution in [1.29, 1.82) is 0 Å². The van der Waals surface area contributed by atoms with E-state index in [2.05, 4.69) is 31.3 Å². The Kier molecular flexibility index (Phi) is 3.71. The van der Waals surface area contributed by atoms with E-state index in [0.717, 1.165) is 19.5 Å². The molecule has 1 N–H and O–H groups in total. The van der Waals surface area contributed by atoms with E-state index >= 15 is 0 Å². The standard InChI is InChI=1S/C15H22N2O/c1-12(13-7-5-4-6-8-13)17(3)14(18)15(2)9-10-16-11-15/h4-8,12,16H,9-11H2,1-3H3. The van der Waals surface area contributed by atoms with E-state index in [-0.39, 0.29) is 17.4 Å². The summed E-state index contributed by atoms with van der Waals surface area (Å²) in [7, 11) is 1.91. The third-order valence-corrected chi connectivity index (χ3v) is 4.07. The Bertz CT molecular complexity index is 410. The minimum atomic E-state index is -0.238.